The Labute approximate surface area is 175 Å². The first-order valence-electron chi connectivity index (χ1n) is 11.1. The maximum absolute atomic E-state index is 11.7. The molecule has 2 aliphatic rings. The van der Waals surface area contributed by atoms with Gasteiger partial charge in [-0.1, -0.05) is 49.6 Å². The van der Waals surface area contributed by atoms with Crippen molar-refractivity contribution in [1.29, 1.82) is 0 Å². The molecule has 1 heterocycles. The second kappa shape index (κ2) is 9.29. The predicted octanol–water partition coefficient (Wildman–Crippen LogP) is 4.51. The van der Waals surface area contributed by atoms with Crippen molar-refractivity contribution < 1.29 is 9.84 Å². The first-order chi connectivity index (χ1) is 14.1. The largest absolute Gasteiger partial charge is 0.457 e. The van der Waals surface area contributed by atoms with E-state index < -0.39 is 5.60 Å². The number of nitrogens with zero attached hydrogens (tertiary/aromatic N) is 2. The quantitative estimate of drug-likeness (QED) is 0.782. The van der Waals surface area contributed by atoms with Crippen LogP contribution in [0, 0.1) is 0 Å². The summed E-state index contributed by atoms with van der Waals surface area (Å²) in [6, 6.07) is 18.3. The van der Waals surface area contributed by atoms with Crippen molar-refractivity contribution in [3.63, 3.8) is 0 Å². The molecule has 1 saturated heterocycles. The minimum Gasteiger partial charge on any atom is -0.457 e. The Morgan fingerprint density at radius 2 is 1.59 bits per heavy atom. The molecule has 1 aliphatic carbocycles. The van der Waals surface area contributed by atoms with Gasteiger partial charge in [0, 0.05) is 38.6 Å². The van der Waals surface area contributed by atoms with Gasteiger partial charge in [-0.2, -0.15) is 0 Å². The van der Waals surface area contributed by atoms with E-state index in [-0.39, 0.29) is 5.92 Å². The fourth-order valence-electron chi connectivity index (χ4n) is 4.81. The fourth-order valence-corrected chi connectivity index (χ4v) is 4.81. The van der Waals surface area contributed by atoms with Gasteiger partial charge in [0.1, 0.15) is 11.5 Å². The molecule has 2 fully saturated rings. The number of likely N-dealkylation sites (N-methyl/N-ethyl adjacent to an activating group) is 1. The number of ether oxygens (including phenoxy) is 1. The van der Waals surface area contributed by atoms with Crippen LogP contribution in [0.4, 0.5) is 0 Å². The first kappa shape index (κ1) is 20.4. The van der Waals surface area contributed by atoms with Crippen LogP contribution in [0.1, 0.15) is 43.6 Å². The monoisotopic (exact) mass is 394 g/mol. The maximum Gasteiger partial charge on any atom is 0.127 e. The van der Waals surface area contributed by atoms with E-state index in [1.807, 2.05) is 36.4 Å². The summed E-state index contributed by atoms with van der Waals surface area (Å²) in [7, 11) is 2.19. The molecule has 4 nitrogen and oxygen atoms in total. The van der Waals surface area contributed by atoms with Crippen LogP contribution in [0.2, 0.25) is 0 Å². The SMILES string of the molecule is CN1CCN(CC(c2cccc(Oc3ccccc3)c2)C2(O)CCCCC2)CC1. The summed E-state index contributed by atoms with van der Waals surface area (Å²) in [6.07, 6.45) is 5.27. The summed E-state index contributed by atoms with van der Waals surface area (Å²) in [6.45, 7) is 5.26. The predicted molar refractivity (Wildman–Crippen MR) is 118 cm³/mol. The molecule has 2 aromatic rings. The summed E-state index contributed by atoms with van der Waals surface area (Å²) in [5.41, 5.74) is 0.578. The molecular formula is C25H34N2O2. The zero-order valence-electron chi connectivity index (χ0n) is 17.6. The molecule has 29 heavy (non-hydrogen) atoms. The van der Waals surface area contributed by atoms with E-state index in [0.29, 0.717) is 0 Å². The van der Waals surface area contributed by atoms with Crippen LogP contribution in [-0.2, 0) is 0 Å². The molecule has 4 rings (SSSR count). The summed E-state index contributed by atoms with van der Waals surface area (Å²) < 4.78 is 6.09. The van der Waals surface area contributed by atoms with Crippen molar-refractivity contribution in [2.75, 3.05) is 39.8 Å². The number of rotatable bonds is 6. The van der Waals surface area contributed by atoms with Gasteiger partial charge in [-0.25, -0.2) is 0 Å². The van der Waals surface area contributed by atoms with Crippen molar-refractivity contribution in [1.82, 2.24) is 9.80 Å². The molecular weight excluding hydrogens is 360 g/mol. The van der Waals surface area contributed by atoms with Crippen LogP contribution in [0.25, 0.3) is 0 Å². The maximum atomic E-state index is 11.7. The highest BCUT2D eigenvalue weighted by molar-refractivity contribution is 5.36. The highest BCUT2D eigenvalue weighted by Crippen LogP contribution is 2.41. The van der Waals surface area contributed by atoms with Crippen LogP contribution in [0.15, 0.2) is 54.6 Å². The van der Waals surface area contributed by atoms with E-state index in [2.05, 4.69) is 35.0 Å². The van der Waals surface area contributed by atoms with Crippen molar-refractivity contribution >= 4 is 0 Å². The third-order valence-corrected chi connectivity index (χ3v) is 6.64. The van der Waals surface area contributed by atoms with Crippen LogP contribution in [0.5, 0.6) is 11.5 Å². The lowest BCUT2D eigenvalue weighted by molar-refractivity contribution is -0.0337. The first-order valence-corrected chi connectivity index (χ1v) is 11.1. The average Bonchev–Trinajstić information content (AvgIpc) is 2.75. The zero-order chi connectivity index (χ0) is 20.1. The molecule has 156 valence electrons. The standard InChI is InChI=1S/C25H34N2O2/c1-26-15-17-27(18-16-26)20-24(25(28)13-6-3-7-14-25)21-9-8-12-23(19-21)29-22-10-4-2-5-11-22/h2,4-5,8-12,19,24,28H,3,6-7,13-18,20H2,1H3. The second-order valence-electron chi connectivity index (χ2n) is 8.81. The molecule has 1 aliphatic heterocycles. The average molecular weight is 395 g/mol. The normalized spacial score (nSPS) is 21.6. The van der Waals surface area contributed by atoms with Gasteiger partial charge in [0.25, 0.3) is 0 Å². The van der Waals surface area contributed by atoms with Gasteiger partial charge in [-0.15, -0.1) is 0 Å². The lowest BCUT2D eigenvalue weighted by Gasteiger charge is -2.43. The zero-order valence-corrected chi connectivity index (χ0v) is 17.6. The number of hydrogen-bond acceptors (Lipinski definition) is 4. The van der Waals surface area contributed by atoms with Crippen molar-refractivity contribution in [3.8, 4) is 11.5 Å². The van der Waals surface area contributed by atoms with Crippen LogP contribution < -0.4 is 4.74 Å². The fraction of sp³-hybridized carbons (Fsp3) is 0.520. The van der Waals surface area contributed by atoms with Gasteiger partial charge >= 0.3 is 0 Å². The van der Waals surface area contributed by atoms with E-state index >= 15 is 0 Å². The summed E-state index contributed by atoms with van der Waals surface area (Å²) in [5, 5.41) is 11.7. The Kier molecular flexibility index (Phi) is 6.53. The molecule has 0 radical (unpaired) electrons. The highest BCUT2D eigenvalue weighted by atomic mass is 16.5. The van der Waals surface area contributed by atoms with Gasteiger partial charge in [0.05, 0.1) is 5.60 Å². The lowest BCUT2D eigenvalue weighted by Crippen LogP contribution is -2.50. The van der Waals surface area contributed by atoms with Gasteiger partial charge < -0.3 is 19.6 Å². The van der Waals surface area contributed by atoms with Crippen molar-refractivity contribution in [3.05, 3.63) is 60.2 Å². The van der Waals surface area contributed by atoms with Gasteiger partial charge in [0.15, 0.2) is 0 Å². The molecule has 4 heteroatoms. The van der Waals surface area contributed by atoms with E-state index in [1.165, 1.54) is 12.0 Å². The summed E-state index contributed by atoms with van der Waals surface area (Å²) in [4.78, 5) is 4.91. The van der Waals surface area contributed by atoms with Gasteiger partial charge in [-0.3, -0.25) is 0 Å². The summed E-state index contributed by atoms with van der Waals surface area (Å²) in [5.74, 6) is 1.80. The van der Waals surface area contributed by atoms with E-state index in [4.69, 9.17) is 4.74 Å². The highest BCUT2D eigenvalue weighted by Gasteiger charge is 2.40. The van der Waals surface area contributed by atoms with Crippen molar-refractivity contribution in [2.45, 2.75) is 43.6 Å². The Morgan fingerprint density at radius 3 is 2.31 bits per heavy atom. The Balaban J connectivity index is 1.57. The number of para-hydroxylation sites is 1. The third-order valence-electron chi connectivity index (χ3n) is 6.64. The number of hydrogen-bond donors (Lipinski definition) is 1. The topological polar surface area (TPSA) is 35.9 Å². The Hall–Kier alpha value is -1.88. The van der Waals surface area contributed by atoms with Crippen LogP contribution in [0.3, 0.4) is 0 Å². The van der Waals surface area contributed by atoms with Gasteiger partial charge in [-0.05, 0) is 49.7 Å². The minimum absolute atomic E-state index is 0.116. The number of benzene rings is 2. The van der Waals surface area contributed by atoms with E-state index in [1.54, 1.807) is 0 Å². The Morgan fingerprint density at radius 1 is 0.897 bits per heavy atom. The molecule has 1 N–H and O–H groups in total. The number of piperazine rings is 1. The molecule has 0 amide bonds. The molecule has 1 atom stereocenters. The molecule has 2 aromatic carbocycles. The van der Waals surface area contributed by atoms with Crippen LogP contribution >= 0.6 is 0 Å². The second-order valence-corrected chi connectivity index (χ2v) is 8.81. The van der Waals surface area contributed by atoms with E-state index in [0.717, 1.165) is 69.9 Å². The Bertz CT molecular complexity index is 765. The molecule has 0 spiro atoms. The van der Waals surface area contributed by atoms with Gasteiger partial charge in [0.2, 0.25) is 0 Å². The molecule has 1 unspecified atom stereocenters. The molecule has 0 bridgehead atoms. The number of aliphatic hydroxyl groups is 1. The lowest BCUT2D eigenvalue weighted by atomic mass is 9.72. The minimum atomic E-state index is -0.618. The smallest absolute Gasteiger partial charge is 0.127 e. The molecule has 1 saturated carbocycles. The van der Waals surface area contributed by atoms with Crippen LogP contribution in [-0.4, -0.2) is 60.3 Å². The third kappa shape index (κ3) is 5.19. The summed E-state index contributed by atoms with van der Waals surface area (Å²) >= 11 is 0. The molecule has 0 aromatic heterocycles. The van der Waals surface area contributed by atoms with E-state index in [9.17, 15) is 5.11 Å². The van der Waals surface area contributed by atoms with Crippen molar-refractivity contribution in [2.24, 2.45) is 0 Å².